The minimum atomic E-state index is -0.467. The van der Waals surface area contributed by atoms with E-state index in [2.05, 4.69) is 10.3 Å². The third kappa shape index (κ3) is 5.30. The lowest BCUT2D eigenvalue weighted by Gasteiger charge is -2.15. The Balaban J connectivity index is 1.73. The predicted molar refractivity (Wildman–Crippen MR) is 111 cm³/mol. The Bertz CT molecular complexity index is 963. The van der Waals surface area contributed by atoms with Crippen molar-refractivity contribution in [3.05, 3.63) is 87.6 Å². The van der Waals surface area contributed by atoms with Crippen LogP contribution in [0.2, 0.25) is 0 Å². The van der Waals surface area contributed by atoms with Crippen LogP contribution in [-0.2, 0) is 11.3 Å². The third-order valence-corrected chi connectivity index (χ3v) is 4.43. The van der Waals surface area contributed by atoms with Gasteiger partial charge in [0.2, 0.25) is 0 Å². The lowest BCUT2D eigenvalue weighted by molar-refractivity contribution is -0.385. The lowest BCUT2D eigenvalue weighted by atomic mass is 10.1. The van der Waals surface area contributed by atoms with Crippen LogP contribution in [0.25, 0.3) is 0 Å². The number of nitrogens with one attached hydrogen (secondary N) is 1. The molecule has 0 unspecified atom stereocenters. The molecule has 0 fully saturated rings. The zero-order chi connectivity index (χ0) is 20.6. The summed E-state index contributed by atoms with van der Waals surface area (Å²) in [5, 5.41) is 14.9. The van der Waals surface area contributed by atoms with E-state index in [9.17, 15) is 10.1 Å². The van der Waals surface area contributed by atoms with Crippen molar-refractivity contribution >= 4 is 11.4 Å². The van der Waals surface area contributed by atoms with Crippen LogP contribution in [0.3, 0.4) is 0 Å². The summed E-state index contributed by atoms with van der Waals surface area (Å²) in [5.74, 6) is 0.459. The van der Waals surface area contributed by atoms with Gasteiger partial charge in [-0.1, -0.05) is 48.5 Å². The maximum Gasteiger partial charge on any atom is 0.354 e. The lowest BCUT2D eigenvalue weighted by Crippen LogP contribution is -2.13. The van der Waals surface area contributed by atoms with Gasteiger partial charge in [0.15, 0.2) is 0 Å². The Morgan fingerprint density at radius 1 is 1.03 bits per heavy atom. The second-order valence-electron chi connectivity index (χ2n) is 6.49. The van der Waals surface area contributed by atoms with Crippen molar-refractivity contribution in [1.29, 1.82) is 0 Å². The molecule has 0 spiro atoms. The maximum atomic E-state index is 11.8. The van der Waals surface area contributed by atoms with Crippen molar-refractivity contribution in [2.24, 2.45) is 0 Å². The van der Waals surface area contributed by atoms with E-state index in [4.69, 9.17) is 9.47 Å². The number of hydrogen-bond donors (Lipinski definition) is 1. The molecule has 1 N–H and O–H groups in total. The van der Waals surface area contributed by atoms with Crippen LogP contribution >= 0.6 is 0 Å². The van der Waals surface area contributed by atoms with Gasteiger partial charge in [-0.15, -0.1) is 0 Å². The molecule has 0 aliphatic rings. The monoisotopic (exact) mass is 393 g/mol. The number of benzene rings is 2. The van der Waals surface area contributed by atoms with Crippen LogP contribution in [0.1, 0.15) is 16.8 Å². The number of anilines is 1. The van der Waals surface area contributed by atoms with Gasteiger partial charge in [-0.05, 0) is 31.5 Å². The highest BCUT2D eigenvalue weighted by Gasteiger charge is 2.27. The molecule has 3 aromatic rings. The number of aryl methyl sites for hydroxylation is 1. The molecule has 0 atom stereocenters. The van der Waals surface area contributed by atoms with Gasteiger partial charge in [-0.2, -0.15) is 0 Å². The molecule has 0 aliphatic carbocycles. The molecule has 7 nitrogen and oxygen atoms in total. The molecule has 29 heavy (non-hydrogen) atoms. The van der Waals surface area contributed by atoms with Crippen LogP contribution in [0.15, 0.2) is 60.7 Å². The summed E-state index contributed by atoms with van der Waals surface area (Å²) in [4.78, 5) is 15.6. The van der Waals surface area contributed by atoms with Crippen LogP contribution in [0.4, 0.5) is 11.4 Å². The van der Waals surface area contributed by atoms with Crippen LogP contribution < -0.4 is 10.1 Å². The van der Waals surface area contributed by atoms with Crippen molar-refractivity contribution in [2.45, 2.75) is 20.5 Å². The second kappa shape index (κ2) is 9.66. The molecule has 0 saturated carbocycles. The first-order valence-electron chi connectivity index (χ1n) is 9.30. The van der Waals surface area contributed by atoms with E-state index in [0.29, 0.717) is 42.5 Å². The van der Waals surface area contributed by atoms with E-state index in [1.54, 1.807) is 38.1 Å². The van der Waals surface area contributed by atoms with Crippen molar-refractivity contribution in [2.75, 3.05) is 18.5 Å². The van der Waals surface area contributed by atoms with Gasteiger partial charge >= 0.3 is 11.6 Å². The molecule has 7 heteroatoms. The summed E-state index contributed by atoms with van der Waals surface area (Å²) in [6.45, 7) is 4.91. The third-order valence-electron chi connectivity index (χ3n) is 4.43. The number of rotatable bonds is 9. The van der Waals surface area contributed by atoms with Gasteiger partial charge < -0.3 is 14.8 Å². The molecule has 0 amide bonds. The zero-order valence-corrected chi connectivity index (χ0v) is 16.4. The number of nitro groups is 1. The first kappa shape index (κ1) is 20.3. The van der Waals surface area contributed by atoms with Crippen LogP contribution in [0, 0.1) is 24.0 Å². The average molecular weight is 393 g/mol. The fraction of sp³-hybridized carbons (Fsp3) is 0.227. The van der Waals surface area contributed by atoms with Crippen molar-refractivity contribution in [1.82, 2.24) is 4.98 Å². The topological polar surface area (TPSA) is 86.5 Å². The number of para-hydroxylation sites is 1. The summed E-state index contributed by atoms with van der Waals surface area (Å²) >= 11 is 0. The summed E-state index contributed by atoms with van der Waals surface area (Å²) in [5.41, 5.74) is 2.67. The van der Waals surface area contributed by atoms with Gasteiger partial charge in [0.25, 0.3) is 0 Å². The Labute approximate surface area is 169 Å². The van der Waals surface area contributed by atoms with E-state index in [0.717, 1.165) is 5.56 Å². The number of aromatic nitrogens is 1. The van der Waals surface area contributed by atoms with Gasteiger partial charge in [-0.25, -0.2) is 4.98 Å². The zero-order valence-electron chi connectivity index (χ0n) is 16.4. The van der Waals surface area contributed by atoms with E-state index in [-0.39, 0.29) is 11.6 Å². The van der Waals surface area contributed by atoms with Crippen molar-refractivity contribution in [3.63, 3.8) is 0 Å². The largest absolute Gasteiger partial charge is 0.434 e. The minimum Gasteiger partial charge on any atom is -0.434 e. The molecule has 0 saturated heterocycles. The molecular weight excluding hydrogens is 370 g/mol. The van der Waals surface area contributed by atoms with E-state index in [1.165, 1.54) is 0 Å². The normalized spacial score (nSPS) is 10.6. The fourth-order valence-corrected chi connectivity index (χ4v) is 2.82. The second-order valence-corrected chi connectivity index (χ2v) is 6.49. The minimum absolute atomic E-state index is 0.0306. The Morgan fingerprint density at radius 3 is 2.34 bits per heavy atom. The molecule has 1 heterocycles. The smallest absolute Gasteiger partial charge is 0.354 e. The van der Waals surface area contributed by atoms with Crippen molar-refractivity contribution in [3.8, 4) is 11.6 Å². The summed E-state index contributed by atoms with van der Waals surface area (Å²) in [6.07, 6.45) is 0. The highest BCUT2D eigenvalue weighted by Crippen LogP contribution is 2.39. The molecule has 3 rings (SSSR count). The predicted octanol–water partition coefficient (Wildman–Crippen LogP) is 5.03. The molecule has 1 aromatic heterocycles. The fourth-order valence-electron chi connectivity index (χ4n) is 2.82. The molecule has 0 bridgehead atoms. The SMILES string of the molecule is Cc1nc(Oc2ccccc2)c([N+](=O)[O-])c(NCCOCc2ccccc2)c1C. The highest BCUT2D eigenvalue weighted by atomic mass is 16.6. The summed E-state index contributed by atoms with van der Waals surface area (Å²) in [6, 6.07) is 18.7. The Morgan fingerprint density at radius 2 is 1.69 bits per heavy atom. The number of pyridine rings is 1. The molecule has 0 radical (unpaired) electrons. The summed E-state index contributed by atoms with van der Waals surface area (Å²) < 4.78 is 11.4. The highest BCUT2D eigenvalue weighted by molar-refractivity contribution is 5.71. The van der Waals surface area contributed by atoms with Gasteiger partial charge in [0, 0.05) is 17.8 Å². The number of nitrogens with zero attached hydrogens (tertiary/aromatic N) is 2. The van der Waals surface area contributed by atoms with E-state index >= 15 is 0 Å². The quantitative estimate of drug-likeness (QED) is 0.312. The van der Waals surface area contributed by atoms with Crippen LogP contribution in [0.5, 0.6) is 11.6 Å². The molecular formula is C22H23N3O4. The molecule has 0 aliphatic heterocycles. The van der Waals surface area contributed by atoms with Crippen molar-refractivity contribution < 1.29 is 14.4 Å². The molecule has 150 valence electrons. The standard InChI is InChI=1S/C22H23N3O4/c1-16-17(2)24-22(29-19-11-7-4-8-12-19)21(25(26)27)20(16)23-13-14-28-15-18-9-5-3-6-10-18/h3-12H,13-15H2,1-2H3,(H,23,24). The van der Waals surface area contributed by atoms with E-state index < -0.39 is 4.92 Å². The number of hydrogen-bond acceptors (Lipinski definition) is 6. The van der Waals surface area contributed by atoms with E-state index in [1.807, 2.05) is 36.4 Å². The Kier molecular flexibility index (Phi) is 6.76. The first-order valence-corrected chi connectivity index (χ1v) is 9.30. The van der Waals surface area contributed by atoms with Gasteiger partial charge in [0.1, 0.15) is 11.4 Å². The molecule has 2 aromatic carbocycles. The summed E-state index contributed by atoms with van der Waals surface area (Å²) in [7, 11) is 0. The van der Waals surface area contributed by atoms with Gasteiger partial charge in [0.05, 0.1) is 18.1 Å². The maximum absolute atomic E-state index is 11.8. The van der Waals surface area contributed by atoms with Crippen LogP contribution in [-0.4, -0.2) is 23.1 Å². The first-order chi connectivity index (χ1) is 14.1. The number of ether oxygens (including phenoxy) is 2. The average Bonchev–Trinajstić information content (AvgIpc) is 2.72. The Hall–Kier alpha value is -3.45. The van der Waals surface area contributed by atoms with Gasteiger partial charge in [-0.3, -0.25) is 10.1 Å².